The van der Waals surface area contributed by atoms with Crippen molar-refractivity contribution in [3.05, 3.63) is 29.6 Å². The number of hydrogen-bond acceptors (Lipinski definition) is 3. The summed E-state index contributed by atoms with van der Waals surface area (Å²) in [4.78, 5) is 24.9. The number of benzene rings is 1. The van der Waals surface area contributed by atoms with E-state index in [9.17, 15) is 14.0 Å². The van der Waals surface area contributed by atoms with E-state index in [1.54, 1.807) is 6.92 Å². The Balaban J connectivity index is 2.15. The van der Waals surface area contributed by atoms with Gasteiger partial charge in [0.1, 0.15) is 0 Å². The molecule has 0 atom stereocenters. The summed E-state index contributed by atoms with van der Waals surface area (Å²) >= 11 is 0. The molecule has 4 nitrogen and oxygen atoms in total. The second kappa shape index (κ2) is 5.82. The fraction of sp³-hybridized carbons (Fsp3) is 0.429. The van der Waals surface area contributed by atoms with Crippen molar-refractivity contribution in [2.75, 3.05) is 19.7 Å². The predicted molar refractivity (Wildman–Crippen MR) is 67.7 cm³/mol. The molecule has 1 heterocycles. The highest BCUT2D eigenvalue weighted by Gasteiger charge is 2.23. The fourth-order valence-electron chi connectivity index (χ4n) is 2.10. The molecule has 1 amide bonds. The standard InChI is InChI=1S/C14H16FNO3/c1-2-19-13-6-5-10(8-12(13)15)14(18)16-7-3-4-11(17)9-16/h5-6,8H,2-4,7,9H2,1H3. The van der Waals surface area contributed by atoms with Crippen LogP contribution in [0.4, 0.5) is 4.39 Å². The average molecular weight is 265 g/mol. The Morgan fingerprint density at radius 1 is 1.47 bits per heavy atom. The minimum absolute atomic E-state index is 0.0472. The van der Waals surface area contributed by atoms with E-state index >= 15 is 0 Å². The van der Waals surface area contributed by atoms with Crippen LogP contribution in [0.15, 0.2) is 18.2 Å². The van der Waals surface area contributed by atoms with Crippen LogP contribution >= 0.6 is 0 Å². The third-order valence-electron chi connectivity index (χ3n) is 3.02. The Hall–Kier alpha value is -1.91. The highest BCUT2D eigenvalue weighted by molar-refractivity contribution is 5.97. The Labute approximate surface area is 111 Å². The van der Waals surface area contributed by atoms with Gasteiger partial charge in [-0.1, -0.05) is 0 Å². The van der Waals surface area contributed by atoms with Crippen LogP contribution in [0, 0.1) is 5.82 Å². The maximum absolute atomic E-state index is 13.7. The van der Waals surface area contributed by atoms with Crippen molar-refractivity contribution >= 4 is 11.7 Å². The second-order valence-electron chi connectivity index (χ2n) is 4.45. The zero-order valence-corrected chi connectivity index (χ0v) is 10.8. The van der Waals surface area contributed by atoms with Gasteiger partial charge in [0.15, 0.2) is 17.3 Å². The minimum Gasteiger partial charge on any atom is -0.491 e. The SMILES string of the molecule is CCOc1ccc(C(=O)N2CCCC(=O)C2)cc1F. The topological polar surface area (TPSA) is 46.6 Å². The first kappa shape index (κ1) is 13.5. The zero-order valence-electron chi connectivity index (χ0n) is 10.8. The van der Waals surface area contributed by atoms with Crippen molar-refractivity contribution in [1.82, 2.24) is 4.90 Å². The number of carbonyl (C=O) groups excluding carboxylic acids is 2. The van der Waals surface area contributed by atoms with E-state index in [0.29, 0.717) is 26.0 Å². The van der Waals surface area contributed by atoms with Gasteiger partial charge in [0.25, 0.3) is 5.91 Å². The van der Waals surface area contributed by atoms with Crippen LogP contribution < -0.4 is 4.74 Å². The second-order valence-corrected chi connectivity index (χ2v) is 4.45. The van der Waals surface area contributed by atoms with Crippen LogP contribution in [0.3, 0.4) is 0 Å². The van der Waals surface area contributed by atoms with E-state index in [1.807, 2.05) is 0 Å². The van der Waals surface area contributed by atoms with Crippen LogP contribution in [0.25, 0.3) is 0 Å². The summed E-state index contributed by atoms with van der Waals surface area (Å²) in [6, 6.07) is 4.12. The van der Waals surface area contributed by atoms with Crippen molar-refractivity contribution in [3.63, 3.8) is 0 Å². The molecule has 0 saturated carbocycles. The molecule has 0 aromatic heterocycles. The smallest absolute Gasteiger partial charge is 0.254 e. The summed E-state index contributed by atoms with van der Waals surface area (Å²) in [7, 11) is 0. The molecule has 0 spiro atoms. The number of ketones is 1. The molecule has 1 aromatic rings. The first-order chi connectivity index (χ1) is 9.11. The quantitative estimate of drug-likeness (QED) is 0.840. The van der Waals surface area contributed by atoms with E-state index in [0.717, 1.165) is 6.07 Å². The molecule has 1 saturated heterocycles. The lowest BCUT2D eigenvalue weighted by molar-refractivity contribution is -0.121. The van der Waals surface area contributed by atoms with Crippen molar-refractivity contribution in [3.8, 4) is 5.75 Å². The van der Waals surface area contributed by atoms with Crippen LogP contribution in [0.2, 0.25) is 0 Å². The summed E-state index contributed by atoms with van der Waals surface area (Å²) in [5.41, 5.74) is 0.246. The van der Waals surface area contributed by atoms with E-state index in [4.69, 9.17) is 4.74 Å². The number of piperidine rings is 1. The van der Waals surface area contributed by atoms with Crippen molar-refractivity contribution in [2.45, 2.75) is 19.8 Å². The number of nitrogens with zero attached hydrogens (tertiary/aromatic N) is 1. The molecule has 2 rings (SSSR count). The molecule has 0 bridgehead atoms. The Morgan fingerprint density at radius 3 is 2.89 bits per heavy atom. The first-order valence-corrected chi connectivity index (χ1v) is 6.35. The largest absolute Gasteiger partial charge is 0.491 e. The Morgan fingerprint density at radius 2 is 2.26 bits per heavy atom. The lowest BCUT2D eigenvalue weighted by atomic mass is 10.1. The number of Topliss-reactive ketones (excluding diaryl/α,β-unsaturated/α-hetero) is 1. The number of hydrogen-bond donors (Lipinski definition) is 0. The number of rotatable bonds is 3. The molecule has 1 aromatic carbocycles. The van der Waals surface area contributed by atoms with Crippen molar-refractivity contribution in [2.24, 2.45) is 0 Å². The van der Waals surface area contributed by atoms with Crippen LogP contribution in [-0.2, 0) is 4.79 Å². The van der Waals surface area contributed by atoms with Crippen molar-refractivity contribution in [1.29, 1.82) is 0 Å². The summed E-state index contributed by atoms with van der Waals surface area (Å²) in [6.45, 7) is 2.79. The third-order valence-corrected chi connectivity index (χ3v) is 3.02. The van der Waals surface area contributed by atoms with Gasteiger partial charge < -0.3 is 9.64 Å². The minimum atomic E-state index is -0.559. The number of halogens is 1. The number of likely N-dealkylation sites (tertiary alicyclic amines) is 1. The highest BCUT2D eigenvalue weighted by atomic mass is 19.1. The average Bonchev–Trinajstić information content (AvgIpc) is 2.40. The summed E-state index contributed by atoms with van der Waals surface area (Å²) < 4.78 is 18.8. The highest BCUT2D eigenvalue weighted by Crippen LogP contribution is 2.20. The molecule has 0 unspecified atom stereocenters. The maximum atomic E-state index is 13.7. The Kier molecular flexibility index (Phi) is 4.14. The van der Waals surface area contributed by atoms with Gasteiger partial charge in [0, 0.05) is 18.5 Å². The van der Waals surface area contributed by atoms with E-state index in [1.165, 1.54) is 17.0 Å². The fourth-order valence-corrected chi connectivity index (χ4v) is 2.10. The van der Waals surface area contributed by atoms with Crippen LogP contribution in [-0.4, -0.2) is 36.3 Å². The number of amides is 1. The van der Waals surface area contributed by atoms with E-state index in [2.05, 4.69) is 0 Å². The van der Waals surface area contributed by atoms with Gasteiger partial charge >= 0.3 is 0 Å². The normalized spacial score (nSPS) is 15.5. The summed E-state index contributed by atoms with van der Waals surface area (Å²) in [6.07, 6.45) is 1.19. The zero-order chi connectivity index (χ0) is 13.8. The van der Waals surface area contributed by atoms with Crippen LogP contribution in [0.5, 0.6) is 5.75 Å². The molecule has 1 aliphatic rings. The molecule has 0 aliphatic carbocycles. The van der Waals surface area contributed by atoms with Crippen molar-refractivity contribution < 1.29 is 18.7 Å². The molecule has 1 fully saturated rings. The first-order valence-electron chi connectivity index (χ1n) is 6.35. The molecule has 0 N–H and O–H groups in total. The van der Waals surface area contributed by atoms with Crippen LogP contribution in [0.1, 0.15) is 30.1 Å². The van der Waals surface area contributed by atoms with E-state index in [-0.39, 0.29) is 29.5 Å². The van der Waals surface area contributed by atoms with Gasteiger partial charge in [-0.3, -0.25) is 9.59 Å². The van der Waals surface area contributed by atoms with Gasteiger partial charge in [0.2, 0.25) is 0 Å². The van der Waals surface area contributed by atoms with Gasteiger partial charge in [-0.25, -0.2) is 4.39 Å². The predicted octanol–water partition coefficient (Wildman–Crippen LogP) is 2.03. The van der Waals surface area contributed by atoms with Gasteiger partial charge in [0.05, 0.1) is 13.2 Å². The lowest BCUT2D eigenvalue weighted by Crippen LogP contribution is -2.40. The lowest BCUT2D eigenvalue weighted by Gasteiger charge is -2.25. The molecule has 5 heteroatoms. The van der Waals surface area contributed by atoms with Gasteiger partial charge in [-0.05, 0) is 31.5 Å². The van der Waals surface area contributed by atoms with Gasteiger partial charge in [-0.15, -0.1) is 0 Å². The number of carbonyl (C=O) groups is 2. The Bertz CT molecular complexity index is 501. The monoisotopic (exact) mass is 265 g/mol. The molecular formula is C14H16FNO3. The molecular weight excluding hydrogens is 249 g/mol. The van der Waals surface area contributed by atoms with Gasteiger partial charge in [-0.2, -0.15) is 0 Å². The number of ether oxygens (including phenoxy) is 1. The summed E-state index contributed by atoms with van der Waals surface area (Å²) in [5, 5.41) is 0. The summed E-state index contributed by atoms with van der Waals surface area (Å²) in [5.74, 6) is -0.689. The molecule has 19 heavy (non-hydrogen) atoms. The third kappa shape index (κ3) is 3.10. The van der Waals surface area contributed by atoms with E-state index < -0.39 is 5.82 Å². The molecule has 1 aliphatic heterocycles. The maximum Gasteiger partial charge on any atom is 0.254 e. The molecule has 0 radical (unpaired) electrons. The molecule has 102 valence electrons.